The first-order valence-electron chi connectivity index (χ1n) is 5.66. The van der Waals surface area contributed by atoms with Crippen LogP contribution >= 0.6 is 15.9 Å². The predicted molar refractivity (Wildman–Crippen MR) is 73.2 cm³/mol. The Morgan fingerprint density at radius 2 is 2.06 bits per heavy atom. The minimum Gasteiger partial charge on any atom is -0.467 e. The number of hydrogen-bond donors (Lipinski definition) is 2. The van der Waals surface area contributed by atoms with Crippen molar-refractivity contribution in [3.8, 4) is 0 Å². The Bertz CT molecular complexity index is 403. The second-order valence-corrected chi connectivity index (χ2v) is 5.34. The van der Waals surface area contributed by atoms with Gasteiger partial charge in [-0.3, -0.25) is 0 Å². The molecule has 0 radical (unpaired) electrons. The Balaban J connectivity index is 2.58. The van der Waals surface area contributed by atoms with Crippen LogP contribution in [0.2, 0.25) is 0 Å². The first kappa shape index (κ1) is 15.1. The molecule has 1 unspecified atom stereocenters. The van der Waals surface area contributed by atoms with Crippen LogP contribution in [0.1, 0.15) is 25.5 Å². The normalized spacial score (nSPS) is 15.8. The summed E-state index contributed by atoms with van der Waals surface area (Å²) >= 11 is 3.37. The van der Waals surface area contributed by atoms with Gasteiger partial charge in [-0.05, 0) is 31.5 Å². The Morgan fingerprint density at radius 3 is 2.56 bits per heavy atom. The van der Waals surface area contributed by atoms with Gasteiger partial charge in [0, 0.05) is 17.1 Å². The summed E-state index contributed by atoms with van der Waals surface area (Å²) in [5, 5.41) is 13.0. The number of carbonyl (C=O) groups excluding carboxylic acids is 1. The second-order valence-electron chi connectivity index (χ2n) is 4.42. The summed E-state index contributed by atoms with van der Waals surface area (Å²) in [4.78, 5) is 11.3. The van der Waals surface area contributed by atoms with E-state index >= 15 is 0 Å². The lowest BCUT2D eigenvalue weighted by molar-refractivity contribution is -0.160. The number of hydrogen-bond acceptors (Lipinski definition) is 4. The molecule has 0 aliphatic heterocycles. The molecule has 0 saturated carbocycles. The van der Waals surface area contributed by atoms with Gasteiger partial charge in [0.25, 0.3) is 0 Å². The number of halogens is 1. The van der Waals surface area contributed by atoms with E-state index in [1.165, 1.54) is 14.0 Å². The number of ether oxygens (including phenoxy) is 1. The molecule has 1 rings (SSSR count). The number of esters is 1. The number of carbonyl (C=O) groups is 1. The maximum Gasteiger partial charge on any atom is 0.338 e. The zero-order valence-corrected chi connectivity index (χ0v) is 12.3. The Labute approximate surface area is 115 Å². The van der Waals surface area contributed by atoms with Gasteiger partial charge in [-0.1, -0.05) is 28.1 Å². The zero-order valence-electron chi connectivity index (χ0n) is 10.7. The van der Waals surface area contributed by atoms with Crippen molar-refractivity contribution in [3.63, 3.8) is 0 Å². The zero-order chi connectivity index (χ0) is 13.8. The highest BCUT2D eigenvalue weighted by atomic mass is 79.9. The molecule has 2 N–H and O–H groups in total. The molecule has 5 heteroatoms. The average molecular weight is 316 g/mol. The molecule has 0 bridgehead atoms. The molecule has 1 aromatic carbocycles. The van der Waals surface area contributed by atoms with Gasteiger partial charge in [0.2, 0.25) is 0 Å². The summed E-state index contributed by atoms with van der Waals surface area (Å²) in [5.41, 5.74) is -0.433. The summed E-state index contributed by atoms with van der Waals surface area (Å²) in [6.07, 6.45) is 0. The minimum atomic E-state index is -1.52. The molecule has 0 aromatic heterocycles. The van der Waals surface area contributed by atoms with E-state index in [-0.39, 0.29) is 12.6 Å². The van der Waals surface area contributed by atoms with Crippen molar-refractivity contribution in [3.05, 3.63) is 34.3 Å². The molecule has 2 atom stereocenters. The smallest absolute Gasteiger partial charge is 0.338 e. The monoisotopic (exact) mass is 315 g/mol. The topological polar surface area (TPSA) is 58.6 Å². The number of nitrogens with one attached hydrogen (secondary N) is 1. The molecule has 0 aliphatic rings. The lowest BCUT2D eigenvalue weighted by Gasteiger charge is -2.23. The van der Waals surface area contributed by atoms with Crippen LogP contribution in [-0.4, -0.2) is 30.3 Å². The molecule has 18 heavy (non-hydrogen) atoms. The van der Waals surface area contributed by atoms with Crippen molar-refractivity contribution in [2.75, 3.05) is 13.7 Å². The van der Waals surface area contributed by atoms with Crippen molar-refractivity contribution < 1.29 is 14.6 Å². The molecule has 100 valence electrons. The van der Waals surface area contributed by atoms with Gasteiger partial charge in [0.05, 0.1) is 7.11 Å². The number of methoxy groups -OCH3 is 1. The van der Waals surface area contributed by atoms with E-state index < -0.39 is 11.6 Å². The van der Waals surface area contributed by atoms with Gasteiger partial charge in [0.1, 0.15) is 0 Å². The highest BCUT2D eigenvalue weighted by Crippen LogP contribution is 2.17. The third-order valence-corrected chi connectivity index (χ3v) is 3.28. The maximum absolute atomic E-state index is 11.3. The van der Waals surface area contributed by atoms with Crippen LogP contribution in [0.15, 0.2) is 28.7 Å². The van der Waals surface area contributed by atoms with E-state index in [9.17, 15) is 9.90 Å². The fourth-order valence-corrected chi connectivity index (χ4v) is 1.78. The van der Waals surface area contributed by atoms with E-state index in [0.29, 0.717) is 0 Å². The van der Waals surface area contributed by atoms with Crippen LogP contribution in [0.5, 0.6) is 0 Å². The number of benzene rings is 1. The standard InChI is InChI=1S/C13H18BrNO3/c1-9(10-4-6-11(14)7-5-10)15-8-13(2,17)12(16)18-3/h4-7,9,15,17H,8H2,1-3H3/t9-,13?/m1/s1. The first-order chi connectivity index (χ1) is 8.36. The SMILES string of the molecule is COC(=O)C(C)(O)CN[C@H](C)c1ccc(Br)cc1. The average Bonchev–Trinajstić information content (AvgIpc) is 2.35. The van der Waals surface area contributed by atoms with E-state index in [4.69, 9.17) is 0 Å². The molecule has 0 heterocycles. The van der Waals surface area contributed by atoms with Crippen LogP contribution in [0.3, 0.4) is 0 Å². The van der Waals surface area contributed by atoms with Crippen LogP contribution in [0.4, 0.5) is 0 Å². The predicted octanol–water partition coefficient (Wildman–Crippen LogP) is 2.02. The van der Waals surface area contributed by atoms with E-state index in [1.54, 1.807) is 0 Å². The lowest BCUT2D eigenvalue weighted by atomic mass is 10.0. The molecule has 0 aliphatic carbocycles. The van der Waals surface area contributed by atoms with Gasteiger partial charge in [-0.2, -0.15) is 0 Å². The highest BCUT2D eigenvalue weighted by Gasteiger charge is 2.31. The van der Waals surface area contributed by atoms with Crippen molar-refractivity contribution in [2.45, 2.75) is 25.5 Å². The molecule has 0 saturated heterocycles. The first-order valence-corrected chi connectivity index (χ1v) is 6.46. The van der Waals surface area contributed by atoms with Gasteiger partial charge >= 0.3 is 5.97 Å². The molecule has 1 aromatic rings. The van der Waals surface area contributed by atoms with Crippen LogP contribution in [-0.2, 0) is 9.53 Å². The summed E-state index contributed by atoms with van der Waals surface area (Å²) < 4.78 is 5.55. The quantitative estimate of drug-likeness (QED) is 0.816. The van der Waals surface area contributed by atoms with Crippen LogP contribution < -0.4 is 5.32 Å². The highest BCUT2D eigenvalue weighted by molar-refractivity contribution is 9.10. The maximum atomic E-state index is 11.3. The van der Waals surface area contributed by atoms with Crippen molar-refractivity contribution >= 4 is 21.9 Å². The van der Waals surface area contributed by atoms with Crippen molar-refractivity contribution in [2.24, 2.45) is 0 Å². The third kappa shape index (κ3) is 4.08. The Hall–Kier alpha value is -0.910. The molecule has 0 amide bonds. The van der Waals surface area contributed by atoms with Gasteiger partial charge in [0.15, 0.2) is 5.60 Å². The van der Waals surface area contributed by atoms with Crippen molar-refractivity contribution in [1.82, 2.24) is 5.32 Å². The van der Waals surface area contributed by atoms with E-state index in [1.807, 2.05) is 31.2 Å². The van der Waals surface area contributed by atoms with Gasteiger partial charge < -0.3 is 15.2 Å². The number of rotatable bonds is 5. The largest absolute Gasteiger partial charge is 0.467 e. The number of aliphatic hydroxyl groups is 1. The van der Waals surface area contributed by atoms with Gasteiger partial charge in [-0.15, -0.1) is 0 Å². The summed E-state index contributed by atoms with van der Waals surface area (Å²) in [7, 11) is 1.26. The molecule has 0 fully saturated rings. The molecular formula is C13H18BrNO3. The summed E-state index contributed by atoms with van der Waals surface area (Å²) in [6, 6.07) is 7.90. The second kappa shape index (κ2) is 6.31. The Kier molecular flexibility index (Phi) is 5.31. The minimum absolute atomic E-state index is 0.0363. The van der Waals surface area contributed by atoms with E-state index in [0.717, 1.165) is 10.0 Å². The fourth-order valence-electron chi connectivity index (χ4n) is 1.51. The molecule has 0 spiro atoms. The molecular weight excluding hydrogens is 298 g/mol. The summed E-state index contributed by atoms with van der Waals surface area (Å²) in [6.45, 7) is 3.54. The van der Waals surface area contributed by atoms with Crippen LogP contribution in [0.25, 0.3) is 0 Å². The van der Waals surface area contributed by atoms with Gasteiger partial charge in [-0.25, -0.2) is 4.79 Å². The molecule has 4 nitrogen and oxygen atoms in total. The van der Waals surface area contributed by atoms with Crippen molar-refractivity contribution in [1.29, 1.82) is 0 Å². The fraction of sp³-hybridized carbons (Fsp3) is 0.462. The van der Waals surface area contributed by atoms with Crippen LogP contribution in [0, 0.1) is 0 Å². The lowest BCUT2D eigenvalue weighted by Crippen LogP contribution is -2.46. The van der Waals surface area contributed by atoms with E-state index in [2.05, 4.69) is 26.0 Å². The third-order valence-electron chi connectivity index (χ3n) is 2.75. The Morgan fingerprint density at radius 1 is 1.50 bits per heavy atom. The summed E-state index contributed by atoms with van der Waals surface area (Å²) in [5.74, 6) is -0.641.